The van der Waals surface area contributed by atoms with Gasteiger partial charge in [-0.15, -0.1) is 0 Å². The van der Waals surface area contributed by atoms with Crippen LogP contribution >= 0.6 is 0 Å². The molecule has 0 spiro atoms. The van der Waals surface area contributed by atoms with Crippen LogP contribution < -0.4 is 10.2 Å². The van der Waals surface area contributed by atoms with Crippen molar-refractivity contribution in [3.8, 4) is 0 Å². The number of anilines is 1. The summed E-state index contributed by atoms with van der Waals surface area (Å²) in [6.07, 6.45) is 4.14. The van der Waals surface area contributed by atoms with E-state index < -0.39 is 0 Å². The Labute approximate surface area is 120 Å². The van der Waals surface area contributed by atoms with E-state index in [-0.39, 0.29) is 5.91 Å². The van der Waals surface area contributed by atoms with E-state index in [4.69, 9.17) is 4.74 Å². The first kappa shape index (κ1) is 13.4. The molecule has 2 unspecified atom stereocenters. The highest BCUT2D eigenvalue weighted by atomic mass is 16.5. The van der Waals surface area contributed by atoms with Crippen LogP contribution in [0.4, 0.5) is 5.69 Å². The van der Waals surface area contributed by atoms with Gasteiger partial charge in [0.05, 0.1) is 12.2 Å². The van der Waals surface area contributed by atoms with E-state index in [9.17, 15) is 4.79 Å². The standard InChI is InChI=1S/C16H22N2O2/c1-12(19)17-9-8-13-2-4-14(5-3-13)18-10-15-6-7-16(11-18)20-15/h2-5,15-16H,6-11H2,1H3,(H,17,19). The van der Waals surface area contributed by atoms with E-state index in [1.54, 1.807) is 6.92 Å². The van der Waals surface area contributed by atoms with Crippen LogP contribution in [0, 0.1) is 0 Å². The first-order valence-corrected chi connectivity index (χ1v) is 7.44. The number of benzene rings is 1. The van der Waals surface area contributed by atoms with Crippen LogP contribution in [0.5, 0.6) is 0 Å². The molecule has 2 heterocycles. The Kier molecular flexibility index (Phi) is 3.92. The van der Waals surface area contributed by atoms with Crippen molar-refractivity contribution in [3.05, 3.63) is 29.8 Å². The summed E-state index contributed by atoms with van der Waals surface area (Å²) in [4.78, 5) is 13.3. The Morgan fingerprint density at radius 3 is 2.50 bits per heavy atom. The molecule has 4 heteroatoms. The molecule has 1 amide bonds. The molecule has 2 fully saturated rings. The highest BCUT2D eigenvalue weighted by Crippen LogP contribution is 2.29. The molecule has 20 heavy (non-hydrogen) atoms. The zero-order chi connectivity index (χ0) is 13.9. The molecule has 1 aromatic rings. The van der Waals surface area contributed by atoms with Gasteiger partial charge in [-0.1, -0.05) is 12.1 Å². The van der Waals surface area contributed by atoms with Gasteiger partial charge in [0.25, 0.3) is 0 Å². The summed E-state index contributed by atoms with van der Waals surface area (Å²) in [5.74, 6) is 0.0328. The molecule has 0 aromatic heterocycles. The van der Waals surface area contributed by atoms with E-state index in [1.165, 1.54) is 24.1 Å². The molecule has 4 nitrogen and oxygen atoms in total. The third-order valence-electron chi connectivity index (χ3n) is 4.13. The van der Waals surface area contributed by atoms with Crippen LogP contribution in [0.2, 0.25) is 0 Å². The van der Waals surface area contributed by atoms with Crippen LogP contribution in [0.15, 0.2) is 24.3 Å². The van der Waals surface area contributed by atoms with Gasteiger partial charge in [-0.2, -0.15) is 0 Å². The number of carbonyl (C=O) groups excluding carboxylic acids is 1. The first-order chi connectivity index (χ1) is 9.70. The molecule has 2 saturated heterocycles. The SMILES string of the molecule is CC(=O)NCCc1ccc(N2CC3CCC(C2)O3)cc1. The zero-order valence-corrected chi connectivity index (χ0v) is 12.0. The highest BCUT2D eigenvalue weighted by Gasteiger charge is 2.33. The largest absolute Gasteiger partial charge is 0.371 e. The molecule has 0 saturated carbocycles. The van der Waals surface area contributed by atoms with E-state index in [0.29, 0.717) is 18.8 Å². The smallest absolute Gasteiger partial charge is 0.216 e. The van der Waals surface area contributed by atoms with Crippen LogP contribution in [-0.4, -0.2) is 37.7 Å². The van der Waals surface area contributed by atoms with Gasteiger partial charge in [0.1, 0.15) is 0 Å². The van der Waals surface area contributed by atoms with Crippen LogP contribution in [0.25, 0.3) is 0 Å². The number of ether oxygens (including phenoxy) is 1. The average molecular weight is 274 g/mol. The molecular formula is C16H22N2O2. The van der Waals surface area contributed by atoms with Crippen LogP contribution in [-0.2, 0) is 16.0 Å². The number of morpholine rings is 1. The summed E-state index contributed by atoms with van der Waals surface area (Å²) >= 11 is 0. The number of amides is 1. The molecule has 2 aliphatic heterocycles. The minimum atomic E-state index is 0.0328. The predicted molar refractivity (Wildman–Crippen MR) is 78.9 cm³/mol. The lowest BCUT2D eigenvalue weighted by molar-refractivity contribution is -0.118. The van der Waals surface area contributed by atoms with Crippen molar-refractivity contribution in [2.24, 2.45) is 0 Å². The van der Waals surface area contributed by atoms with Gasteiger partial charge >= 0.3 is 0 Å². The normalized spacial score (nSPS) is 24.8. The number of hydrogen-bond donors (Lipinski definition) is 1. The summed E-state index contributed by atoms with van der Waals surface area (Å²) in [5, 5.41) is 2.83. The number of carbonyl (C=O) groups is 1. The summed E-state index contributed by atoms with van der Waals surface area (Å²) in [6.45, 7) is 4.29. The second kappa shape index (κ2) is 5.83. The number of hydrogen-bond acceptors (Lipinski definition) is 3. The summed E-state index contributed by atoms with van der Waals surface area (Å²) < 4.78 is 5.87. The Morgan fingerprint density at radius 1 is 1.25 bits per heavy atom. The fourth-order valence-corrected chi connectivity index (χ4v) is 3.08. The highest BCUT2D eigenvalue weighted by molar-refractivity contribution is 5.72. The van der Waals surface area contributed by atoms with Crippen molar-refractivity contribution >= 4 is 11.6 Å². The van der Waals surface area contributed by atoms with Crippen molar-refractivity contribution in [2.75, 3.05) is 24.5 Å². The van der Waals surface area contributed by atoms with Gasteiger partial charge in [0.15, 0.2) is 0 Å². The topological polar surface area (TPSA) is 41.6 Å². The van der Waals surface area contributed by atoms with Gasteiger partial charge in [0.2, 0.25) is 5.91 Å². The second-order valence-corrected chi connectivity index (χ2v) is 5.76. The van der Waals surface area contributed by atoms with Crippen molar-refractivity contribution in [1.29, 1.82) is 0 Å². The molecule has 0 radical (unpaired) electrons. The molecule has 2 atom stereocenters. The van der Waals surface area contributed by atoms with E-state index in [0.717, 1.165) is 19.5 Å². The van der Waals surface area contributed by atoms with Gasteiger partial charge in [-0.05, 0) is 37.0 Å². The van der Waals surface area contributed by atoms with Crippen LogP contribution in [0.3, 0.4) is 0 Å². The van der Waals surface area contributed by atoms with Gasteiger partial charge < -0.3 is 15.0 Å². The van der Waals surface area contributed by atoms with E-state index >= 15 is 0 Å². The number of fused-ring (bicyclic) bond motifs is 2. The minimum absolute atomic E-state index is 0.0328. The van der Waals surface area contributed by atoms with Crippen molar-refractivity contribution in [2.45, 2.75) is 38.4 Å². The summed E-state index contributed by atoms with van der Waals surface area (Å²) in [5.41, 5.74) is 2.55. The van der Waals surface area contributed by atoms with Gasteiger partial charge in [-0.3, -0.25) is 4.79 Å². The Morgan fingerprint density at radius 2 is 1.90 bits per heavy atom. The summed E-state index contributed by atoms with van der Waals surface area (Å²) in [6, 6.07) is 8.70. The zero-order valence-electron chi connectivity index (χ0n) is 12.0. The molecule has 1 aromatic carbocycles. The summed E-state index contributed by atoms with van der Waals surface area (Å²) in [7, 11) is 0. The third-order valence-corrected chi connectivity index (χ3v) is 4.13. The minimum Gasteiger partial charge on any atom is -0.371 e. The first-order valence-electron chi connectivity index (χ1n) is 7.44. The molecular weight excluding hydrogens is 252 g/mol. The van der Waals surface area contributed by atoms with Crippen LogP contribution in [0.1, 0.15) is 25.3 Å². The Bertz CT molecular complexity index is 460. The Balaban J connectivity index is 1.57. The quantitative estimate of drug-likeness (QED) is 0.909. The number of rotatable bonds is 4. The lowest BCUT2D eigenvalue weighted by Gasteiger charge is -2.33. The molecule has 3 rings (SSSR count). The van der Waals surface area contributed by atoms with Crippen molar-refractivity contribution < 1.29 is 9.53 Å². The molecule has 0 aliphatic carbocycles. The molecule has 2 aliphatic rings. The maximum atomic E-state index is 10.8. The molecule has 2 bridgehead atoms. The van der Waals surface area contributed by atoms with E-state index in [2.05, 4.69) is 34.5 Å². The van der Waals surface area contributed by atoms with Crippen molar-refractivity contribution in [1.82, 2.24) is 5.32 Å². The molecule has 108 valence electrons. The number of nitrogens with zero attached hydrogens (tertiary/aromatic N) is 1. The lowest BCUT2D eigenvalue weighted by Crippen LogP contribution is -2.42. The van der Waals surface area contributed by atoms with Gasteiger partial charge in [0, 0.05) is 32.2 Å². The molecule has 1 N–H and O–H groups in total. The number of nitrogens with one attached hydrogen (secondary N) is 1. The maximum absolute atomic E-state index is 10.8. The third kappa shape index (κ3) is 3.12. The lowest BCUT2D eigenvalue weighted by atomic mass is 10.1. The second-order valence-electron chi connectivity index (χ2n) is 5.76. The van der Waals surface area contributed by atoms with E-state index in [1.807, 2.05) is 0 Å². The monoisotopic (exact) mass is 274 g/mol. The van der Waals surface area contributed by atoms with Gasteiger partial charge in [-0.25, -0.2) is 0 Å². The Hall–Kier alpha value is -1.55. The maximum Gasteiger partial charge on any atom is 0.216 e. The fourth-order valence-electron chi connectivity index (χ4n) is 3.08. The fraction of sp³-hybridized carbons (Fsp3) is 0.562. The average Bonchev–Trinajstić information content (AvgIpc) is 2.78. The predicted octanol–water partition coefficient (Wildman–Crippen LogP) is 1.73. The van der Waals surface area contributed by atoms with Crippen molar-refractivity contribution in [3.63, 3.8) is 0 Å².